The number of allylic oxidation sites excluding steroid dienone is 1. The summed E-state index contributed by atoms with van der Waals surface area (Å²) in [4.78, 5) is 22.0. The monoisotopic (exact) mass is 284 g/mol. The van der Waals surface area contributed by atoms with Crippen molar-refractivity contribution in [2.75, 3.05) is 5.75 Å². The molecule has 0 atom stereocenters. The zero-order valence-corrected chi connectivity index (χ0v) is 12.2. The van der Waals surface area contributed by atoms with E-state index in [1.165, 1.54) is 11.8 Å². The van der Waals surface area contributed by atoms with E-state index < -0.39 is 0 Å². The van der Waals surface area contributed by atoms with E-state index in [1.54, 1.807) is 6.92 Å². The molecule has 0 aromatic heterocycles. The fraction of sp³-hybridized carbons (Fsp3) is 0.176. The number of carbonyl (C=O) groups is 2. The van der Waals surface area contributed by atoms with Crippen molar-refractivity contribution in [2.24, 2.45) is 0 Å². The zero-order chi connectivity index (χ0) is 14.4. The van der Waals surface area contributed by atoms with E-state index in [-0.39, 0.29) is 5.12 Å². The predicted octanol–water partition coefficient (Wildman–Crippen LogP) is 4.34. The van der Waals surface area contributed by atoms with E-state index in [9.17, 15) is 9.59 Å². The smallest absolute Gasteiger partial charge is 0.185 e. The molecule has 0 bridgehead atoms. The third-order valence-electron chi connectivity index (χ3n) is 3.01. The molecular weight excluding hydrogens is 268 g/mol. The Labute approximate surface area is 122 Å². The van der Waals surface area contributed by atoms with Crippen molar-refractivity contribution in [3.63, 3.8) is 0 Å². The van der Waals surface area contributed by atoms with Crippen LogP contribution in [0, 0.1) is 0 Å². The highest BCUT2D eigenvalue weighted by molar-refractivity contribution is 8.13. The van der Waals surface area contributed by atoms with Gasteiger partial charge in [-0.15, -0.1) is 0 Å². The summed E-state index contributed by atoms with van der Waals surface area (Å²) in [7, 11) is 0. The minimum atomic E-state index is 0.136. The minimum Gasteiger partial charge on any atom is -0.298 e. The highest BCUT2D eigenvalue weighted by atomic mass is 32.2. The first-order valence-corrected chi connectivity index (χ1v) is 7.48. The van der Waals surface area contributed by atoms with E-state index in [0.29, 0.717) is 5.56 Å². The molecule has 0 fully saturated rings. The Morgan fingerprint density at radius 1 is 1.20 bits per heavy atom. The maximum atomic E-state index is 11.2. The molecule has 2 nitrogen and oxygen atoms in total. The van der Waals surface area contributed by atoms with Gasteiger partial charge >= 0.3 is 0 Å². The summed E-state index contributed by atoms with van der Waals surface area (Å²) in [5, 5.41) is 2.33. The van der Waals surface area contributed by atoms with E-state index in [2.05, 4.69) is 0 Å². The molecule has 0 aliphatic carbocycles. The Balaban J connectivity index is 2.25. The molecule has 0 aliphatic heterocycles. The summed E-state index contributed by atoms with van der Waals surface area (Å²) in [5.74, 6) is 0.771. The molecule has 0 spiro atoms. The normalized spacial score (nSPS) is 11.1. The quantitative estimate of drug-likeness (QED) is 0.605. The molecule has 2 rings (SSSR count). The number of hydrogen-bond donors (Lipinski definition) is 0. The second-order valence-electron chi connectivity index (χ2n) is 4.44. The number of benzene rings is 2. The number of carbonyl (C=O) groups excluding carboxylic acids is 2. The molecule has 0 aliphatic rings. The summed E-state index contributed by atoms with van der Waals surface area (Å²) in [6.07, 6.45) is 5.69. The Morgan fingerprint density at radius 3 is 2.75 bits per heavy atom. The highest BCUT2D eigenvalue weighted by Gasteiger charge is 2.03. The Hall–Kier alpha value is -1.87. The maximum absolute atomic E-state index is 11.2. The average molecular weight is 284 g/mol. The molecular formula is C17H16O2S. The van der Waals surface area contributed by atoms with Crippen LogP contribution in [0.5, 0.6) is 0 Å². The molecule has 2 aromatic rings. The van der Waals surface area contributed by atoms with Gasteiger partial charge in [0.05, 0.1) is 0 Å². The van der Waals surface area contributed by atoms with Crippen molar-refractivity contribution in [2.45, 2.75) is 13.3 Å². The number of aldehydes is 1. The molecule has 0 saturated carbocycles. The van der Waals surface area contributed by atoms with Crippen LogP contribution in [0.25, 0.3) is 16.8 Å². The summed E-state index contributed by atoms with van der Waals surface area (Å²) < 4.78 is 0. The number of thioether (sulfide) groups is 1. The molecule has 0 saturated heterocycles. The van der Waals surface area contributed by atoms with E-state index >= 15 is 0 Å². The molecule has 102 valence electrons. The molecule has 0 N–H and O–H groups in total. The Morgan fingerprint density at radius 2 is 2.00 bits per heavy atom. The van der Waals surface area contributed by atoms with E-state index in [1.807, 2.05) is 48.6 Å². The van der Waals surface area contributed by atoms with Crippen LogP contribution in [-0.2, 0) is 4.79 Å². The Kier molecular flexibility index (Phi) is 5.13. The van der Waals surface area contributed by atoms with Crippen molar-refractivity contribution in [3.05, 3.63) is 53.6 Å². The second kappa shape index (κ2) is 7.06. The van der Waals surface area contributed by atoms with E-state index in [0.717, 1.165) is 34.8 Å². The molecule has 20 heavy (non-hydrogen) atoms. The zero-order valence-electron chi connectivity index (χ0n) is 11.3. The van der Waals surface area contributed by atoms with E-state index in [4.69, 9.17) is 0 Å². The van der Waals surface area contributed by atoms with Crippen LogP contribution in [0.1, 0.15) is 29.3 Å². The number of rotatable bonds is 5. The molecule has 3 heteroatoms. The van der Waals surface area contributed by atoms with Crippen LogP contribution in [-0.4, -0.2) is 17.2 Å². The minimum absolute atomic E-state index is 0.136. The van der Waals surface area contributed by atoms with Crippen LogP contribution >= 0.6 is 11.8 Å². The van der Waals surface area contributed by atoms with Crippen LogP contribution in [0.4, 0.5) is 0 Å². The van der Waals surface area contributed by atoms with Crippen LogP contribution in [0.15, 0.2) is 42.5 Å². The molecule has 0 amide bonds. The summed E-state index contributed by atoms with van der Waals surface area (Å²) in [6, 6.07) is 11.8. The van der Waals surface area contributed by atoms with Gasteiger partial charge in [-0.2, -0.15) is 0 Å². The van der Waals surface area contributed by atoms with Crippen molar-refractivity contribution in [1.82, 2.24) is 0 Å². The number of hydrogen-bond acceptors (Lipinski definition) is 3. The van der Waals surface area contributed by atoms with Gasteiger partial charge < -0.3 is 0 Å². The largest absolute Gasteiger partial charge is 0.298 e. The van der Waals surface area contributed by atoms with Gasteiger partial charge in [-0.3, -0.25) is 9.59 Å². The molecule has 0 unspecified atom stereocenters. The van der Waals surface area contributed by atoms with Gasteiger partial charge in [-0.1, -0.05) is 60.3 Å². The van der Waals surface area contributed by atoms with Crippen molar-refractivity contribution in [3.8, 4) is 0 Å². The fourth-order valence-electron chi connectivity index (χ4n) is 2.07. The molecule has 0 heterocycles. The first-order valence-electron chi connectivity index (χ1n) is 6.49. The van der Waals surface area contributed by atoms with Gasteiger partial charge in [-0.05, 0) is 22.8 Å². The van der Waals surface area contributed by atoms with Crippen LogP contribution < -0.4 is 0 Å². The topological polar surface area (TPSA) is 34.1 Å². The molecule has 0 radical (unpaired) electrons. The summed E-state index contributed by atoms with van der Waals surface area (Å²) in [5.41, 5.74) is 1.64. The maximum Gasteiger partial charge on any atom is 0.185 e. The Bertz CT molecular complexity index is 659. The SMILES string of the molecule is CC(=O)SCCC=Cc1c(C=O)ccc2ccccc12. The summed E-state index contributed by atoms with van der Waals surface area (Å²) in [6.45, 7) is 1.57. The lowest BCUT2D eigenvalue weighted by atomic mass is 9.99. The number of fused-ring (bicyclic) bond motifs is 1. The molecule has 2 aromatic carbocycles. The standard InChI is InChI=1S/C17H16O2S/c1-13(19)20-11-5-4-8-17-15(12-18)10-9-14-6-2-3-7-16(14)17/h2-4,6-10,12H,5,11H2,1H3. The third-order valence-corrected chi connectivity index (χ3v) is 3.85. The van der Waals surface area contributed by atoms with Crippen molar-refractivity contribution < 1.29 is 9.59 Å². The lowest BCUT2D eigenvalue weighted by Gasteiger charge is -2.05. The average Bonchev–Trinajstić information content (AvgIpc) is 2.46. The predicted molar refractivity (Wildman–Crippen MR) is 86.1 cm³/mol. The van der Waals surface area contributed by atoms with Gasteiger partial charge in [-0.25, -0.2) is 0 Å². The van der Waals surface area contributed by atoms with Crippen molar-refractivity contribution >= 4 is 40.0 Å². The lowest BCUT2D eigenvalue weighted by molar-refractivity contribution is -0.109. The van der Waals surface area contributed by atoms with Gasteiger partial charge in [0.25, 0.3) is 0 Å². The highest BCUT2D eigenvalue weighted by Crippen LogP contribution is 2.23. The van der Waals surface area contributed by atoms with Crippen LogP contribution in [0.2, 0.25) is 0 Å². The van der Waals surface area contributed by atoms with Crippen molar-refractivity contribution in [1.29, 1.82) is 0 Å². The van der Waals surface area contributed by atoms with Gasteiger partial charge in [0.15, 0.2) is 11.4 Å². The lowest BCUT2D eigenvalue weighted by Crippen LogP contribution is -1.89. The van der Waals surface area contributed by atoms with Gasteiger partial charge in [0, 0.05) is 18.2 Å². The summed E-state index contributed by atoms with van der Waals surface area (Å²) >= 11 is 1.32. The van der Waals surface area contributed by atoms with Gasteiger partial charge in [0.2, 0.25) is 0 Å². The van der Waals surface area contributed by atoms with Gasteiger partial charge in [0.1, 0.15) is 0 Å². The third kappa shape index (κ3) is 3.58. The second-order valence-corrected chi connectivity index (χ2v) is 5.71. The first-order chi connectivity index (χ1) is 9.72. The fourth-order valence-corrected chi connectivity index (χ4v) is 2.61. The first kappa shape index (κ1) is 14.5. The van der Waals surface area contributed by atoms with Crippen LogP contribution in [0.3, 0.4) is 0 Å².